The second kappa shape index (κ2) is 8.27. The summed E-state index contributed by atoms with van der Waals surface area (Å²) in [5.74, 6) is 0.856. The molecule has 2 aromatic heterocycles. The number of nitrogens with one attached hydrogen (secondary N) is 1. The number of pyridine rings is 1. The zero-order valence-corrected chi connectivity index (χ0v) is 16.7. The SMILES string of the molecule is Cc1ccc(Cn2c(CCC(=O)Nc3ccc(C)cc3)nc3cccnc32)cc1. The first-order chi connectivity index (χ1) is 14.1. The number of carbonyl (C=O) groups excluding carboxylic acids is 1. The average Bonchev–Trinajstić information content (AvgIpc) is 3.07. The van der Waals surface area contributed by atoms with E-state index in [-0.39, 0.29) is 5.91 Å². The molecule has 0 fully saturated rings. The van der Waals surface area contributed by atoms with Crippen molar-refractivity contribution in [1.82, 2.24) is 14.5 Å². The van der Waals surface area contributed by atoms with Crippen LogP contribution in [0.25, 0.3) is 11.2 Å². The highest BCUT2D eigenvalue weighted by atomic mass is 16.1. The maximum Gasteiger partial charge on any atom is 0.224 e. The molecule has 0 aliphatic heterocycles. The molecule has 5 nitrogen and oxygen atoms in total. The summed E-state index contributed by atoms with van der Waals surface area (Å²) in [6, 6.07) is 20.1. The van der Waals surface area contributed by atoms with E-state index in [9.17, 15) is 4.79 Å². The van der Waals surface area contributed by atoms with Gasteiger partial charge in [0.05, 0.1) is 6.54 Å². The molecular formula is C24H24N4O. The minimum Gasteiger partial charge on any atom is -0.326 e. The first-order valence-corrected chi connectivity index (χ1v) is 9.81. The first-order valence-electron chi connectivity index (χ1n) is 9.81. The molecule has 2 aromatic carbocycles. The van der Waals surface area contributed by atoms with E-state index < -0.39 is 0 Å². The van der Waals surface area contributed by atoms with Crippen molar-refractivity contribution in [3.8, 4) is 0 Å². The topological polar surface area (TPSA) is 59.8 Å². The van der Waals surface area contributed by atoms with Crippen LogP contribution in [0.3, 0.4) is 0 Å². The Morgan fingerprint density at radius 1 is 0.966 bits per heavy atom. The number of aryl methyl sites for hydroxylation is 3. The zero-order chi connectivity index (χ0) is 20.2. The summed E-state index contributed by atoms with van der Waals surface area (Å²) in [6.45, 7) is 4.79. The van der Waals surface area contributed by atoms with Gasteiger partial charge in [-0.1, -0.05) is 47.5 Å². The van der Waals surface area contributed by atoms with Gasteiger partial charge in [0.1, 0.15) is 11.3 Å². The molecule has 1 N–H and O–H groups in total. The second-order valence-corrected chi connectivity index (χ2v) is 7.36. The van der Waals surface area contributed by atoms with Crippen molar-refractivity contribution in [1.29, 1.82) is 0 Å². The maximum atomic E-state index is 12.4. The van der Waals surface area contributed by atoms with Gasteiger partial charge in [0.2, 0.25) is 5.91 Å². The number of nitrogens with zero attached hydrogens (tertiary/aromatic N) is 3. The summed E-state index contributed by atoms with van der Waals surface area (Å²) >= 11 is 0. The maximum absolute atomic E-state index is 12.4. The molecule has 0 atom stereocenters. The second-order valence-electron chi connectivity index (χ2n) is 7.36. The van der Waals surface area contributed by atoms with E-state index >= 15 is 0 Å². The van der Waals surface area contributed by atoms with Crippen LogP contribution in [0.15, 0.2) is 66.9 Å². The first kappa shape index (κ1) is 18.9. The van der Waals surface area contributed by atoms with Crippen LogP contribution in [0.2, 0.25) is 0 Å². The van der Waals surface area contributed by atoms with Crippen molar-refractivity contribution in [2.45, 2.75) is 33.2 Å². The lowest BCUT2D eigenvalue weighted by Crippen LogP contribution is -2.14. The number of anilines is 1. The molecule has 0 radical (unpaired) electrons. The molecule has 29 heavy (non-hydrogen) atoms. The van der Waals surface area contributed by atoms with Crippen LogP contribution in [0.1, 0.15) is 28.9 Å². The summed E-state index contributed by atoms with van der Waals surface area (Å²) in [5, 5.41) is 2.96. The molecule has 0 aliphatic carbocycles. The van der Waals surface area contributed by atoms with E-state index in [4.69, 9.17) is 4.98 Å². The average molecular weight is 384 g/mol. The quantitative estimate of drug-likeness (QED) is 0.526. The van der Waals surface area contributed by atoms with Gasteiger partial charge in [-0.05, 0) is 43.7 Å². The van der Waals surface area contributed by atoms with Gasteiger partial charge in [-0.3, -0.25) is 4.79 Å². The van der Waals surface area contributed by atoms with Gasteiger partial charge in [-0.15, -0.1) is 0 Å². The lowest BCUT2D eigenvalue weighted by Gasteiger charge is -2.10. The number of amides is 1. The van der Waals surface area contributed by atoms with Gasteiger partial charge in [-0.25, -0.2) is 9.97 Å². The van der Waals surface area contributed by atoms with Crippen molar-refractivity contribution < 1.29 is 4.79 Å². The highest BCUT2D eigenvalue weighted by Crippen LogP contribution is 2.18. The molecule has 5 heteroatoms. The highest BCUT2D eigenvalue weighted by molar-refractivity contribution is 5.90. The molecule has 0 spiro atoms. The number of aromatic nitrogens is 3. The number of carbonyl (C=O) groups is 1. The Morgan fingerprint density at radius 3 is 2.38 bits per heavy atom. The Balaban J connectivity index is 1.52. The van der Waals surface area contributed by atoms with Crippen LogP contribution in [-0.2, 0) is 17.8 Å². The molecule has 4 aromatic rings. The smallest absolute Gasteiger partial charge is 0.224 e. The molecule has 0 saturated carbocycles. The van der Waals surface area contributed by atoms with Gasteiger partial charge in [0.15, 0.2) is 5.65 Å². The number of imidazole rings is 1. The Morgan fingerprint density at radius 2 is 1.66 bits per heavy atom. The fourth-order valence-electron chi connectivity index (χ4n) is 3.32. The minimum atomic E-state index is -0.0178. The van der Waals surface area contributed by atoms with Crippen molar-refractivity contribution >= 4 is 22.8 Å². The van der Waals surface area contributed by atoms with Crippen molar-refractivity contribution in [3.63, 3.8) is 0 Å². The van der Waals surface area contributed by atoms with Crippen LogP contribution in [0, 0.1) is 13.8 Å². The van der Waals surface area contributed by atoms with Gasteiger partial charge < -0.3 is 9.88 Å². The standard InChI is InChI=1S/C24H24N4O/c1-17-5-9-19(10-6-17)16-28-22(27-21-4-3-15-25-24(21)28)13-14-23(29)26-20-11-7-18(2)8-12-20/h3-12,15H,13-14,16H2,1-2H3,(H,26,29). The van der Waals surface area contributed by atoms with Crippen molar-refractivity contribution in [3.05, 3.63) is 89.4 Å². The number of fused-ring (bicyclic) bond motifs is 1. The van der Waals surface area contributed by atoms with Crippen LogP contribution in [0.5, 0.6) is 0 Å². The number of benzene rings is 2. The van der Waals surface area contributed by atoms with E-state index in [0.29, 0.717) is 19.4 Å². The molecule has 2 heterocycles. The van der Waals surface area contributed by atoms with Gasteiger partial charge in [-0.2, -0.15) is 0 Å². The predicted octanol–water partition coefficient (Wildman–Crippen LogP) is 4.67. The largest absolute Gasteiger partial charge is 0.326 e. The van der Waals surface area contributed by atoms with E-state index in [0.717, 1.165) is 22.7 Å². The molecule has 0 aliphatic rings. The Kier molecular flexibility index (Phi) is 5.38. The predicted molar refractivity (Wildman–Crippen MR) is 116 cm³/mol. The van der Waals surface area contributed by atoms with Crippen LogP contribution in [0.4, 0.5) is 5.69 Å². The molecule has 1 amide bonds. The minimum absolute atomic E-state index is 0.0178. The third-order valence-corrected chi connectivity index (χ3v) is 4.96. The van der Waals surface area contributed by atoms with Crippen molar-refractivity contribution in [2.24, 2.45) is 0 Å². The summed E-state index contributed by atoms with van der Waals surface area (Å²) in [5.41, 5.74) is 6.10. The Hall–Kier alpha value is -3.47. The summed E-state index contributed by atoms with van der Waals surface area (Å²) < 4.78 is 2.11. The molecule has 4 rings (SSSR count). The van der Waals surface area contributed by atoms with E-state index in [1.807, 2.05) is 43.3 Å². The highest BCUT2D eigenvalue weighted by Gasteiger charge is 2.14. The van der Waals surface area contributed by atoms with E-state index in [1.54, 1.807) is 6.20 Å². The number of hydrogen-bond donors (Lipinski definition) is 1. The molecule has 0 saturated heterocycles. The van der Waals surface area contributed by atoms with Crippen molar-refractivity contribution in [2.75, 3.05) is 5.32 Å². The van der Waals surface area contributed by atoms with Crippen LogP contribution >= 0.6 is 0 Å². The monoisotopic (exact) mass is 384 g/mol. The lowest BCUT2D eigenvalue weighted by molar-refractivity contribution is -0.116. The normalized spacial score (nSPS) is 11.0. The summed E-state index contributed by atoms with van der Waals surface area (Å²) in [7, 11) is 0. The third kappa shape index (κ3) is 4.51. The van der Waals surface area contributed by atoms with Crippen LogP contribution < -0.4 is 5.32 Å². The fourth-order valence-corrected chi connectivity index (χ4v) is 3.32. The van der Waals surface area contributed by atoms with Gasteiger partial charge >= 0.3 is 0 Å². The molecular weight excluding hydrogens is 360 g/mol. The lowest BCUT2D eigenvalue weighted by atomic mass is 10.1. The number of rotatable bonds is 6. The Labute approximate surface area is 170 Å². The molecule has 146 valence electrons. The number of hydrogen-bond acceptors (Lipinski definition) is 3. The summed E-state index contributed by atoms with van der Waals surface area (Å²) in [6.07, 6.45) is 2.70. The van der Waals surface area contributed by atoms with E-state index in [1.165, 1.54) is 16.7 Å². The zero-order valence-electron chi connectivity index (χ0n) is 16.7. The Bertz CT molecular complexity index is 1130. The fraction of sp³-hybridized carbons (Fsp3) is 0.208. The summed E-state index contributed by atoms with van der Waals surface area (Å²) in [4.78, 5) is 21.7. The van der Waals surface area contributed by atoms with Gasteiger partial charge in [0, 0.05) is 24.7 Å². The third-order valence-electron chi connectivity index (χ3n) is 4.96. The molecule has 0 unspecified atom stereocenters. The molecule has 0 bridgehead atoms. The van der Waals surface area contributed by atoms with E-state index in [2.05, 4.69) is 46.1 Å². The van der Waals surface area contributed by atoms with Gasteiger partial charge in [0.25, 0.3) is 0 Å². The van der Waals surface area contributed by atoms with Crippen LogP contribution in [-0.4, -0.2) is 20.4 Å².